The second-order valence-electron chi connectivity index (χ2n) is 2.99. The van der Waals surface area contributed by atoms with Crippen molar-refractivity contribution in [3.63, 3.8) is 0 Å². The zero-order valence-electron chi connectivity index (χ0n) is 8.56. The van der Waals surface area contributed by atoms with Gasteiger partial charge in [0.15, 0.2) is 6.29 Å². The molecule has 0 aliphatic carbocycles. The Hall–Kier alpha value is -0.290. The second kappa shape index (κ2) is 7.06. The van der Waals surface area contributed by atoms with Crippen molar-refractivity contribution in [3.8, 4) is 0 Å². The zero-order valence-corrected chi connectivity index (χ0v) is 8.56. The number of ether oxygens (including phenoxy) is 2. The van der Waals surface area contributed by atoms with Crippen molar-refractivity contribution in [2.75, 3.05) is 13.2 Å². The fourth-order valence-electron chi connectivity index (χ4n) is 0.830. The number of unbranched alkanes of at least 4 members (excludes halogenated alkanes) is 1. The van der Waals surface area contributed by atoms with Gasteiger partial charge in [0.05, 0.1) is 0 Å². The molecule has 0 rings (SSSR count). The van der Waals surface area contributed by atoms with E-state index < -0.39 is 19.1 Å². The Bertz CT molecular complexity index is 137. The van der Waals surface area contributed by atoms with Crippen molar-refractivity contribution < 1.29 is 22.6 Å². The van der Waals surface area contributed by atoms with E-state index in [1.807, 2.05) is 6.92 Å². The number of halogens is 3. The molecule has 0 aromatic carbocycles. The lowest BCUT2D eigenvalue weighted by molar-refractivity contribution is -0.229. The van der Waals surface area contributed by atoms with Crippen LogP contribution in [0.1, 0.15) is 33.1 Å². The highest BCUT2D eigenvalue weighted by atomic mass is 19.4. The first-order valence-corrected chi connectivity index (χ1v) is 4.79. The van der Waals surface area contributed by atoms with Gasteiger partial charge >= 0.3 is 6.18 Å². The molecule has 86 valence electrons. The van der Waals surface area contributed by atoms with Gasteiger partial charge in [-0.2, -0.15) is 13.2 Å². The predicted octanol–water partition coefficient (Wildman–Crippen LogP) is 3.12. The molecule has 0 N–H and O–H groups in total. The Kier molecular flexibility index (Phi) is 6.92. The summed E-state index contributed by atoms with van der Waals surface area (Å²) < 4.78 is 44.9. The van der Waals surface area contributed by atoms with Gasteiger partial charge in [-0.15, -0.1) is 0 Å². The summed E-state index contributed by atoms with van der Waals surface area (Å²) in [7, 11) is 0. The Labute approximate surface area is 82.4 Å². The van der Waals surface area contributed by atoms with Crippen LogP contribution in [0.15, 0.2) is 0 Å². The summed E-state index contributed by atoms with van der Waals surface area (Å²) in [5.41, 5.74) is 0. The molecule has 0 radical (unpaired) electrons. The van der Waals surface area contributed by atoms with Crippen LogP contribution in [0, 0.1) is 0 Å². The predicted molar refractivity (Wildman–Crippen MR) is 46.9 cm³/mol. The first-order valence-electron chi connectivity index (χ1n) is 4.79. The normalized spacial score (nSPS) is 14.4. The van der Waals surface area contributed by atoms with E-state index in [4.69, 9.17) is 4.74 Å². The topological polar surface area (TPSA) is 18.5 Å². The maximum atomic E-state index is 11.8. The van der Waals surface area contributed by atoms with Gasteiger partial charge in [-0.1, -0.05) is 20.3 Å². The zero-order chi connectivity index (χ0) is 11.0. The lowest BCUT2D eigenvalue weighted by Gasteiger charge is -2.17. The second-order valence-corrected chi connectivity index (χ2v) is 2.99. The van der Waals surface area contributed by atoms with E-state index in [-0.39, 0.29) is 0 Å². The van der Waals surface area contributed by atoms with Crippen molar-refractivity contribution in [1.82, 2.24) is 0 Å². The smallest absolute Gasteiger partial charge is 0.353 e. The molecule has 0 fully saturated rings. The lowest BCUT2D eigenvalue weighted by atomic mass is 10.3. The molecule has 0 bridgehead atoms. The van der Waals surface area contributed by atoms with Crippen LogP contribution in [0.25, 0.3) is 0 Å². The van der Waals surface area contributed by atoms with E-state index in [2.05, 4.69) is 4.74 Å². The Balaban J connectivity index is 3.58. The van der Waals surface area contributed by atoms with Gasteiger partial charge < -0.3 is 9.47 Å². The first kappa shape index (κ1) is 13.7. The summed E-state index contributed by atoms with van der Waals surface area (Å²) in [6, 6.07) is 0. The molecular weight excluding hydrogens is 197 g/mol. The van der Waals surface area contributed by atoms with Crippen molar-refractivity contribution in [2.45, 2.75) is 45.6 Å². The quantitative estimate of drug-likeness (QED) is 0.479. The lowest BCUT2D eigenvalue weighted by Crippen LogP contribution is -2.25. The molecule has 0 saturated carbocycles. The molecule has 0 amide bonds. The molecule has 0 heterocycles. The number of rotatable bonds is 7. The third kappa shape index (κ3) is 8.31. The van der Waals surface area contributed by atoms with Gasteiger partial charge in [0.1, 0.15) is 6.61 Å². The highest BCUT2D eigenvalue weighted by Crippen LogP contribution is 2.16. The van der Waals surface area contributed by atoms with Gasteiger partial charge in [-0.3, -0.25) is 0 Å². The first-order chi connectivity index (χ1) is 6.49. The summed E-state index contributed by atoms with van der Waals surface area (Å²) in [5, 5.41) is 0. The van der Waals surface area contributed by atoms with Gasteiger partial charge in [0, 0.05) is 6.61 Å². The van der Waals surface area contributed by atoms with Gasteiger partial charge in [-0.25, -0.2) is 0 Å². The van der Waals surface area contributed by atoms with E-state index >= 15 is 0 Å². The summed E-state index contributed by atoms with van der Waals surface area (Å²) in [4.78, 5) is 0. The number of hydrogen-bond acceptors (Lipinski definition) is 2. The largest absolute Gasteiger partial charge is 0.411 e. The van der Waals surface area contributed by atoms with Crippen molar-refractivity contribution in [2.24, 2.45) is 0 Å². The fraction of sp³-hybridized carbons (Fsp3) is 1.00. The van der Waals surface area contributed by atoms with Crippen molar-refractivity contribution in [3.05, 3.63) is 0 Å². The van der Waals surface area contributed by atoms with Crippen LogP contribution in [0.2, 0.25) is 0 Å². The van der Waals surface area contributed by atoms with Crippen LogP contribution in [0.3, 0.4) is 0 Å². The Morgan fingerprint density at radius 1 is 1.14 bits per heavy atom. The highest BCUT2D eigenvalue weighted by Gasteiger charge is 2.29. The van der Waals surface area contributed by atoms with Gasteiger partial charge in [0.2, 0.25) is 0 Å². The molecule has 0 aromatic heterocycles. The average molecular weight is 214 g/mol. The van der Waals surface area contributed by atoms with Crippen LogP contribution in [0.4, 0.5) is 13.2 Å². The Morgan fingerprint density at radius 3 is 2.21 bits per heavy atom. The minimum absolute atomic E-state index is 0.430. The number of hydrogen-bond donors (Lipinski definition) is 0. The van der Waals surface area contributed by atoms with Crippen LogP contribution < -0.4 is 0 Å². The van der Waals surface area contributed by atoms with E-state index in [0.29, 0.717) is 13.0 Å². The van der Waals surface area contributed by atoms with E-state index in [1.165, 1.54) is 0 Å². The summed E-state index contributed by atoms with van der Waals surface area (Å²) in [6.45, 7) is 2.93. The molecule has 2 nitrogen and oxygen atoms in total. The minimum Gasteiger partial charge on any atom is -0.353 e. The number of alkyl halides is 3. The highest BCUT2D eigenvalue weighted by molar-refractivity contribution is 4.48. The summed E-state index contributed by atoms with van der Waals surface area (Å²) in [5.74, 6) is 0. The maximum Gasteiger partial charge on any atom is 0.411 e. The monoisotopic (exact) mass is 214 g/mol. The average Bonchev–Trinajstić information content (AvgIpc) is 2.09. The molecule has 0 saturated heterocycles. The van der Waals surface area contributed by atoms with Crippen LogP contribution in [0.5, 0.6) is 0 Å². The molecule has 0 spiro atoms. The maximum absolute atomic E-state index is 11.8. The minimum atomic E-state index is -4.28. The van der Waals surface area contributed by atoms with E-state index in [9.17, 15) is 13.2 Å². The molecule has 0 aliphatic heterocycles. The van der Waals surface area contributed by atoms with E-state index in [0.717, 1.165) is 12.8 Å². The van der Waals surface area contributed by atoms with Crippen LogP contribution >= 0.6 is 0 Å². The summed E-state index contributed by atoms with van der Waals surface area (Å²) >= 11 is 0. The molecule has 1 unspecified atom stereocenters. The standard InChI is InChI=1S/C9H17F3O2/c1-3-5-6-13-8(4-2)14-7-9(10,11)12/h8H,3-7H2,1-2H3. The van der Waals surface area contributed by atoms with Gasteiger partial charge in [-0.05, 0) is 12.8 Å². The SMILES string of the molecule is CCCCOC(CC)OCC(F)(F)F. The fourth-order valence-corrected chi connectivity index (χ4v) is 0.830. The van der Waals surface area contributed by atoms with E-state index in [1.54, 1.807) is 6.92 Å². The molecule has 14 heavy (non-hydrogen) atoms. The molecule has 1 atom stereocenters. The molecule has 0 aromatic rings. The third-order valence-electron chi connectivity index (χ3n) is 1.57. The van der Waals surface area contributed by atoms with Crippen LogP contribution in [-0.4, -0.2) is 25.7 Å². The summed E-state index contributed by atoms with van der Waals surface area (Å²) in [6.07, 6.45) is -2.79. The molecule has 0 aliphatic rings. The van der Waals surface area contributed by atoms with Crippen LogP contribution in [-0.2, 0) is 9.47 Å². The third-order valence-corrected chi connectivity index (χ3v) is 1.57. The molecule has 5 heteroatoms. The van der Waals surface area contributed by atoms with Crippen molar-refractivity contribution in [1.29, 1.82) is 0 Å². The molecular formula is C9H17F3O2. The Morgan fingerprint density at radius 2 is 1.79 bits per heavy atom. The van der Waals surface area contributed by atoms with Gasteiger partial charge in [0.25, 0.3) is 0 Å². The van der Waals surface area contributed by atoms with Crippen molar-refractivity contribution >= 4 is 0 Å².